The normalized spacial score (nSPS) is 22.3. The third-order valence-corrected chi connectivity index (χ3v) is 4.35. The summed E-state index contributed by atoms with van der Waals surface area (Å²) >= 11 is 0. The first-order valence-electron chi connectivity index (χ1n) is 6.67. The molecule has 0 aliphatic heterocycles. The van der Waals surface area contributed by atoms with E-state index in [4.69, 9.17) is 10.5 Å². The lowest BCUT2D eigenvalue weighted by atomic mass is 9.95. The second-order valence-corrected chi connectivity index (χ2v) is 7.33. The van der Waals surface area contributed by atoms with Crippen molar-refractivity contribution in [3.63, 3.8) is 0 Å². The molecular formula is C12H25ClN2O4S. The van der Waals surface area contributed by atoms with Gasteiger partial charge in [-0.25, -0.2) is 8.42 Å². The number of amides is 1. The summed E-state index contributed by atoms with van der Waals surface area (Å²) in [7, 11) is -2.98. The summed E-state index contributed by atoms with van der Waals surface area (Å²) < 4.78 is 26.9. The summed E-state index contributed by atoms with van der Waals surface area (Å²) in [4.78, 5) is 11.9. The van der Waals surface area contributed by atoms with Crippen LogP contribution < -0.4 is 11.1 Å². The summed E-state index contributed by atoms with van der Waals surface area (Å²) in [5.41, 5.74) is 5.64. The van der Waals surface area contributed by atoms with Crippen molar-refractivity contribution >= 4 is 28.2 Å². The molecule has 1 rings (SSSR count). The average Bonchev–Trinajstić information content (AvgIpc) is 2.80. The summed E-state index contributed by atoms with van der Waals surface area (Å²) in [5.74, 6) is 0.380. The van der Waals surface area contributed by atoms with Crippen LogP contribution >= 0.6 is 12.4 Å². The largest absolute Gasteiger partial charge is 0.379 e. The Morgan fingerprint density at radius 2 is 2.05 bits per heavy atom. The van der Waals surface area contributed by atoms with E-state index in [-0.39, 0.29) is 36.6 Å². The standard InChI is InChI=1S/C12H24N2O4S.ClH/c1-19(16,17)8-7-18-6-5-14-12(15)11-4-2-3-10(11)9-13;/h10-11H,2-9,13H2,1H3,(H,14,15);1H/t10-,11-;/m1./s1. The molecule has 0 bridgehead atoms. The van der Waals surface area contributed by atoms with Crippen LogP contribution in [0.25, 0.3) is 0 Å². The fraction of sp³-hybridized carbons (Fsp3) is 0.917. The van der Waals surface area contributed by atoms with E-state index in [1.54, 1.807) is 0 Å². The predicted octanol–water partition coefficient (Wildman–Crippen LogP) is -0.0394. The fourth-order valence-electron chi connectivity index (χ4n) is 2.35. The quantitative estimate of drug-likeness (QED) is 0.609. The van der Waals surface area contributed by atoms with Crippen molar-refractivity contribution in [2.75, 3.05) is 38.3 Å². The Balaban J connectivity index is 0.00000361. The van der Waals surface area contributed by atoms with Crippen LogP contribution in [0.5, 0.6) is 0 Å². The highest BCUT2D eigenvalue weighted by Crippen LogP contribution is 2.30. The molecule has 0 aromatic carbocycles. The predicted molar refractivity (Wildman–Crippen MR) is 80.7 cm³/mol. The Bertz CT molecular complexity index is 389. The number of halogens is 1. The summed E-state index contributed by atoms with van der Waals surface area (Å²) in [6.45, 7) is 1.48. The second-order valence-electron chi connectivity index (χ2n) is 5.07. The maximum absolute atomic E-state index is 11.9. The minimum atomic E-state index is -2.98. The van der Waals surface area contributed by atoms with Crippen molar-refractivity contribution in [2.45, 2.75) is 19.3 Å². The molecule has 1 amide bonds. The first-order valence-corrected chi connectivity index (χ1v) is 8.73. The van der Waals surface area contributed by atoms with Crippen LogP contribution in [0.1, 0.15) is 19.3 Å². The van der Waals surface area contributed by atoms with Gasteiger partial charge in [0.05, 0.1) is 19.0 Å². The van der Waals surface area contributed by atoms with Gasteiger partial charge in [-0.2, -0.15) is 0 Å². The number of rotatable bonds is 8. The number of carbonyl (C=O) groups is 1. The van der Waals surface area contributed by atoms with Crippen molar-refractivity contribution < 1.29 is 17.9 Å². The van der Waals surface area contributed by atoms with E-state index in [9.17, 15) is 13.2 Å². The number of hydrogen-bond donors (Lipinski definition) is 2. The van der Waals surface area contributed by atoms with Crippen LogP contribution in [-0.2, 0) is 19.4 Å². The number of hydrogen-bond acceptors (Lipinski definition) is 5. The van der Waals surface area contributed by atoms with E-state index >= 15 is 0 Å². The van der Waals surface area contributed by atoms with E-state index in [1.165, 1.54) is 6.26 Å². The van der Waals surface area contributed by atoms with Crippen LogP contribution in [0, 0.1) is 11.8 Å². The van der Waals surface area contributed by atoms with Gasteiger partial charge in [0.2, 0.25) is 5.91 Å². The molecule has 0 unspecified atom stereocenters. The van der Waals surface area contributed by atoms with E-state index in [1.807, 2.05) is 0 Å². The van der Waals surface area contributed by atoms with E-state index in [2.05, 4.69) is 5.32 Å². The first kappa shape index (κ1) is 19.6. The van der Waals surface area contributed by atoms with Gasteiger partial charge in [0, 0.05) is 18.7 Å². The highest BCUT2D eigenvalue weighted by Gasteiger charge is 2.31. The Morgan fingerprint density at radius 1 is 1.35 bits per heavy atom. The smallest absolute Gasteiger partial charge is 0.223 e. The van der Waals surface area contributed by atoms with Gasteiger partial charge in [-0.3, -0.25) is 4.79 Å². The molecule has 0 aromatic rings. The molecule has 1 aliphatic carbocycles. The lowest BCUT2D eigenvalue weighted by Gasteiger charge is -2.17. The monoisotopic (exact) mass is 328 g/mol. The highest BCUT2D eigenvalue weighted by atomic mass is 35.5. The number of nitrogens with two attached hydrogens (primary N) is 1. The van der Waals surface area contributed by atoms with Crippen molar-refractivity contribution in [1.29, 1.82) is 0 Å². The maximum atomic E-state index is 11.9. The Kier molecular flexibility index (Phi) is 9.37. The van der Waals surface area contributed by atoms with Gasteiger partial charge in [0.1, 0.15) is 9.84 Å². The number of carbonyl (C=O) groups excluding carboxylic acids is 1. The van der Waals surface area contributed by atoms with Crippen LogP contribution in [-0.4, -0.2) is 52.6 Å². The molecule has 0 aromatic heterocycles. The fourth-order valence-corrected chi connectivity index (χ4v) is 2.77. The van der Waals surface area contributed by atoms with Gasteiger partial charge in [-0.1, -0.05) is 6.42 Å². The Labute approximate surface area is 127 Å². The zero-order valence-corrected chi connectivity index (χ0v) is 13.5. The Hall–Kier alpha value is -0.370. The molecule has 0 heterocycles. The van der Waals surface area contributed by atoms with Gasteiger partial charge < -0.3 is 15.8 Å². The molecule has 0 saturated heterocycles. The maximum Gasteiger partial charge on any atom is 0.223 e. The lowest BCUT2D eigenvalue weighted by Crippen LogP contribution is -2.36. The number of sulfone groups is 1. The zero-order chi connectivity index (χ0) is 14.3. The van der Waals surface area contributed by atoms with Crippen LogP contribution in [0.4, 0.5) is 0 Å². The SMILES string of the molecule is CS(=O)(=O)CCOCCNC(=O)[C@@H]1CCC[C@@H]1CN.Cl. The van der Waals surface area contributed by atoms with Crippen molar-refractivity contribution in [2.24, 2.45) is 17.6 Å². The first-order chi connectivity index (χ1) is 8.94. The molecule has 1 saturated carbocycles. The van der Waals surface area contributed by atoms with E-state index in [0.29, 0.717) is 25.6 Å². The molecular weight excluding hydrogens is 304 g/mol. The molecule has 2 atom stereocenters. The molecule has 6 nitrogen and oxygen atoms in total. The molecule has 1 fully saturated rings. The molecule has 0 radical (unpaired) electrons. The third kappa shape index (κ3) is 7.42. The number of ether oxygens (including phenoxy) is 1. The van der Waals surface area contributed by atoms with Crippen LogP contribution in [0.2, 0.25) is 0 Å². The molecule has 120 valence electrons. The highest BCUT2D eigenvalue weighted by molar-refractivity contribution is 7.90. The van der Waals surface area contributed by atoms with Gasteiger partial charge in [-0.15, -0.1) is 12.4 Å². The van der Waals surface area contributed by atoms with E-state index in [0.717, 1.165) is 19.3 Å². The van der Waals surface area contributed by atoms with Crippen LogP contribution in [0.3, 0.4) is 0 Å². The summed E-state index contributed by atoms with van der Waals surface area (Å²) in [6.07, 6.45) is 4.16. The van der Waals surface area contributed by atoms with Crippen molar-refractivity contribution in [3.8, 4) is 0 Å². The van der Waals surface area contributed by atoms with E-state index < -0.39 is 9.84 Å². The third-order valence-electron chi connectivity index (χ3n) is 3.44. The zero-order valence-electron chi connectivity index (χ0n) is 11.8. The second kappa shape index (κ2) is 9.55. The van der Waals surface area contributed by atoms with Crippen LogP contribution in [0.15, 0.2) is 0 Å². The summed E-state index contributed by atoms with van der Waals surface area (Å²) in [5, 5.41) is 2.82. The molecule has 20 heavy (non-hydrogen) atoms. The Morgan fingerprint density at radius 3 is 2.65 bits per heavy atom. The van der Waals surface area contributed by atoms with Gasteiger partial charge >= 0.3 is 0 Å². The van der Waals surface area contributed by atoms with Gasteiger partial charge in [0.25, 0.3) is 0 Å². The van der Waals surface area contributed by atoms with Gasteiger partial charge in [0.15, 0.2) is 0 Å². The molecule has 3 N–H and O–H groups in total. The lowest BCUT2D eigenvalue weighted by molar-refractivity contribution is -0.126. The molecule has 0 spiro atoms. The molecule has 1 aliphatic rings. The summed E-state index contributed by atoms with van der Waals surface area (Å²) in [6, 6.07) is 0. The van der Waals surface area contributed by atoms with Crippen molar-refractivity contribution in [3.05, 3.63) is 0 Å². The topological polar surface area (TPSA) is 98.5 Å². The minimum Gasteiger partial charge on any atom is -0.379 e. The minimum absolute atomic E-state index is 0. The molecule has 8 heteroatoms. The van der Waals surface area contributed by atoms with Crippen molar-refractivity contribution in [1.82, 2.24) is 5.32 Å². The number of nitrogens with one attached hydrogen (secondary N) is 1. The average molecular weight is 329 g/mol. The van der Waals surface area contributed by atoms with Gasteiger partial charge in [-0.05, 0) is 25.3 Å².